The van der Waals surface area contributed by atoms with Gasteiger partial charge in [0.05, 0.1) is 11.4 Å². The van der Waals surface area contributed by atoms with Gasteiger partial charge in [0.25, 0.3) is 10.1 Å². The van der Waals surface area contributed by atoms with Crippen LogP contribution in [-0.2, 0) is 23.0 Å². The van der Waals surface area contributed by atoms with E-state index in [2.05, 4.69) is 13.0 Å². The van der Waals surface area contributed by atoms with Gasteiger partial charge in [-0.25, -0.2) is 0 Å². The minimum atomic E-state index is -4.27. The maximum atomic E-state index is 12.1. The second-order valence-corrected chi connectivity index (χ2v) is 7.70. The Hall–Kier alpha value is -2.05. The summed E-state index contributed by atoms with van der Waals surface area (Å²) in [6, 6.07) is 11.4. The highest BCUT2D eigenvalue weighted by molar-refractivity contribution is 7.86. The summed E-state index contributed by atoms with van der Waals surface area (Å²) in [4.78, 5) is 1.71. The molecule has 0 bridgehead atoms. The Balaban J connectivity index is 2.31. The van der Waals surface area contributed by atoms with Crippen LogP contribution in [0.3, 0.4) is 0 Å². The lowest BCUT2D eigenvalue weighted by Gasteiger charge is -2.38. The van der Waals surface area contributed by atoms with Crippen LogP contribution in [0, 0.1) is 0 Å². The summed E-state index contributed by atoms with van der Waals surface area (Å²) in [5, 5.41) is -1.06. The molecule has 3 rings (SSSR count). The fraction of sp³-hybridized carbons (Fsp3) is 0.368. The first kappa shape index (κ1) is 17.8. The molecule has 5 nitrogen and oxygen atoms in total. The number of fused-ring (bicyclic) bond motifs is 2. The Morgan fingerprint density at radius 2 is 1.80 bits per heavy atom. The van der Waals surface area contributed by atoms with Crippen molar-refractivity contribution in [3.05, 3.63) is 47.5 Å². The first-order chi connectivity index (χ1) is 11.9. The number of aryl methyl sites for hydroxylation is 2. The van der Waals surface area contributed by atoms with Crippen molar-refractivity contribution in [1.82, 2.24) is 0 Å². The summed E-state index contributed by atoms with van der Waals surface area (Å²) < 4.78 is 40.1. The van der Waals surface area contributed by atoms with Crippen LogP contribution in [-0.4, -0.2) is 18.3 Å². The van der Waals surface area contributed by atoms with Crippen LogP contribution in [0.5, 0.6) is 11.5 Å². The fourth-order valence-electron chi connectivity index (χ4n) is 3.36. The third-order valence-electron chi connectivity index (χ3n) is 4.57. The van der Waals surface area contributed by atoms with E-state index in [1.807, 2.05) is 37.3 Å². The lowest BCUT2D eigenvalue weighted by atomic mass is 10.0. The predicted molar refractivity (Wildman–Crippen MR) is 99.5 cm³/mol. The molecule has 1 aliphatic heterocycles. The van der Waals surface area contributed by atoms with E-state index < -0.39 is 15.5 Å². The van der Waals surface area contributed by atoms with Gasteiger partial charge in [-0.15, -0.1) is 0 Å². The first-order valence-electron chi connectivity index (χ1n) is 8.58. The largest absolute Gasteiger partial charge is 0.453 e. The van der Waals surface area contributed by atoms with Crippen molar-refractivity contribution in [2.24, 2.45) is 0 Å². The fourth-order valence-corrected chi connectivity index (χ4v) is 4.27. The van der Waals surface area contributed by atoms with E-state index >= 15 is 0 Å². The Morgan fingerprint density at radius 1 is 1.08 bits per heavy atom. The monoisotopic (exact) mass is 361 g/mol. The summed E-state index contributed by atoms with van der Waals surface area (Å²) in [6.07, 6.45) is 1.85. The van der Waals surface area contributed by atoms with E-state index in [9.17, 15) is 13.0 Å². The highest BCUT2D eigenvalue weighted by Crippen LogP contribution is 2.50. The van der Waals surface area contributed by atoms with Crippen molar-refractivity contribution in [2.75, 3.05) is 4.90 Å². The lowest BCUT2D eigenvalue weighted by molar-refractivity contribution is 0.451. The summed E-state index contributed by atoms with van der Waals surface area (Å²) in [5.41, 5.74) is 3.52. The molecule has 0 aliphatic carbocycles. The number of anilines is 2. The maximum Gasteiger partial charge on any atom is 0.286 e. The summed E-state index contributed by atoms with van der Waals surface area (Å²) in [7, 11) is -4.27. The zero-order chi connectivity index (χ0) is 18.2. The molecule has 0 fully saturated rings. The first-order valence-corrected chi connectivity index (χ1v) is 10.1. The number of ether oxygens (including phenoxy) is 1. The molecule has 6 heteroatoms. The van der Waals surface area contributed by atoms with Crippen molar-refractivity contribution in [1.29, 1.82) is 0 Å². The number of benzene rings is 2. The zero-order valence-corrected chi connectivity index (χ0v) is 15.5. The molecule has 1 unspecified atom stereocenters. The molecule has 0 saturated heterocycles. The Labute approximate surface area is 149 Å². The number of nitrogens with zero attached hydrogens (tertiary/aromatic N) is 1. The third-order valence-corrected chi connectivity index (χ3v) is 5.80. The van der Waals surface area contributed by atoms with Gasteiger partial charge in [-0.05, 0) is 48.6 Å². The molecule has 134 valence electrons. The van der Waals surface area contributed by atoms with Gasteiger partial charge >= 0.3 is 0 Å². The molecular formula is C19H23NO4S. The van der Waals surface area contributed by atoms with E-state index in [0.29, 0.717) is 17.2 Å². The lowest BCUT2D eigenvalue weighted by Crippen LogP contribution is -2.39. The minimum absolute atomic E-state index is 0.255. The van der Waals surface area contributed by atoms with Gasteiger partial charge in [-0.2, -0.15) is 8.42 Å². The molecule has 1 N–H and O–H groups in total. The molecule has 1 atom stereocenters. The van der Waals surface area contributed by atoms with Crippen molar-refractivity contribution in [2.45, 2.75) is 45.4 Å². The average molecular weight is 361 g/mol. The SMILES string of the molecule is CCc1cc(CC)c2c(c1)Oc1ccccc1N2C(CC)S(=O)(=O)O. The Bertz CT molecular complexity index is 892. The van der Waals surface area contributed by atoms with Crippen molar-refractivity contribution in [3.63, 3.8) is 0 Å². The third kappa shape index (κ3) is 3.12. The van der Waals surface area contributed by atoms with Crippen LogP contribution in [0.15, 0.2) is 36.4 Å². The zero-order valence-electron chi connectivity index (χ0n) is 14.7. The Morgan fingerprint density at radius 3 is 2.40 bits per heavy atom. The van der Waals surface area contributed by atoms with Crippen LogP contribution in [0.4, 0.5) is 11.4 Å². The number of para-hydroxylation sites is 2. The van der Waals surface area contributed by atoms with Crippen LogP contribution < -0.4 is 9.64 Å². The smallest absolute Gasteiger partial charge is 0.286 e. The van der Waals surface area contributed by atoms with Crippen molar-refractivity contribution in [3.8, 4) is 11.5 Å². The standard InChI is InChI=1S/C19H23NO4S/c1-4-13-11-14(5-2)19-17(12-13)24-16-10-8-7-9-15(16)20(19)18(6-3)25(21,22)23/h7-12,18H,4-6H2,1-3H3,(H,21,22,23). The van der Waals surface area contributed by atoms with Gasteiger partial charge < -0.3 is 9.64 Å². The summed E-state index contributed by atoms with van der Waals surface area (Å²) in [5.74, 6) is 1.23. The highest BCUT2D eigenvalue weighted by Gasteiger charge is 2.37. The average Bonchev–Trinajstić information content (AvgIpc) is 2.59. The summed E-state index contributed by atoms with van der Waals surface area (Å²) in [6.45, 7) is 5.85. The van der Waals surface area contributed by atoms with Crippen molar-refractivity contribution < 1.29 is 17.7 Å². The van der Waals surface area contributed by atoms with Gasteiger partial charge in [0, 0.05) is 0 Å². The second kappa shape index (κ2) is 6.69. The second-order valence-electron chi connectivity index (χ2n) is 6.13. The minimum Gasteiger partial charge on any atom is -0.453 e. The van der Waals surface area contributed by atoms with Crippen molar-refractivity contribution >= 4 is 21.5 Å². The highest BCUT2D eigenvalue weighted by atomic mass is 32.2. The number of hydrogen-bond donors (Lipinski definition) is 1. The van der Waals surface area contributed by atoms with E-state index in [1.165, 1.54) is 0 Å². The molecule has 1 aliphatic rings. The number of rotatable bonds is 5. The van der Waals surface area contributed by atoms with Crippen LogP contribution in [0.25, 0.3) is 0 Å². The molecule has 0 amide bonds. The van der Waals surface area contributed by atoms with E-state index in [0.717, 1.165) is 29.7 Å². The van der Waals surface area contributed by atoms with Gasteiger partial charge in [0.15, 0.2) is 16.9 Å². The Kier molecular flexibility index (Phi) is 4.75. The normalized spacial score (nSPS) is 14.5. The van der Waals surface area contributed by atoms with E-state index in [4.69, 9.17) is 4.74 Å². The molecular weight excluding hydrogens is 338 g/mol. The van der Waals surface area contributed by atoms with Crippen LogP contribution in [0.2, 0.25) is 0 Å². The van der Waals surface area contributed by atoms with Crippen LogP contribution in [0.1, 0.15) is 38.3 Å². The summed E-state index contributed by atoms with van der Waals surface area (Å²) >= 11 is 0. The molecule has 1 heterocycles. The molecule has 0 radical (unpaired) electrons. The molecule has 2 aromatic rings. The molecule has 0 aromatic heterocycles. The van der Waals surface area contributed by atoms with Crippen LogP contribution >= 0.6 is 0 Å². The van der Waals surface area contributed by atoms with Gasteiger partial charge in [-0.3, -0.25) is 4.55 Å². The maximum absolute atomic E-state index is 12.1. The molecule has 0 spiro atoms. The van der Waals surface area contributed by atoms with E-state index in [1.54, 1.807) is 11.8 Å². The topological polar surface area (TPSA) is 66.8 Å². The molecule has 2 aromatic carbocycles. The molecule has 0 saturated carbocycles. The number of hydrogen-bond acceptors (Lipinski definition) is 4. The molecule has 25 heavy (non-hydrogen) atoms. The van der Waals surface area contributed by atoms with Gasteiger partial charge in [0.2, 0.25) is 0 Å². The quantitative estimate of drug-likeness (QED) is 0.783. The van der Waals surface area contributed by atoms with Gasteiger partial charge in [0.1, 0.15) is 0 Å². The van der Waals surface area contributed by atoms with Gasteiger partial charge in [-0.1, -0.05) is 39.0 Å². The van der Waals surface area contributed by atoms with E-state index in [-0.39, 0.29) is 6.42 Å². The predicted octanol–water partition coefficient (Wildman–Crippen LogP) is 4.68.